The van der Waals surface area contributed by atoms with Crippen molar-refractivity contribution in [2.75, 3.05) is 13.6 Å². The number of carbonyl (C=O) groups excluding carboxylic acids is 2. The Morgan fingerprint density at radius 2 is 1.85 bits per heavy atom. The number of thioether (sulfide) groups is 1. The summed E-state index contributed by atoms with van der Waals surface area (Å²) in [6.45, 7) is 0.504. The molecule has 1 heterocycles. The van der Waals surface area contributed by atoms with Gasteiger partial charge in [-0.2, -0.15) is 0 Å². The van der Waals surface area contributed by atoms with Crippen molar-refractivity contribution in [1.29, 1.82) is 0 Å². The Kier molecular flexibility index (Phi) is 5.93. The summed E-state index contributed by atoms with van der Waals surface area (Å²) >= 11 is 6.38. The summed E-state index contributed by atoms with van der Waals surface area (Å²) in [6, 6.07) is 14.0. The molecule has 27 heavy (non-hydrogen) atoms. The van der Waals surface area contributed by atoms with Crippen LogP contribution in [0.15, 0.2) is 53.4 Å². The lowest BCUT2D eigenvalue weighted by atomic mass is 10.1. The third-order valence-electron chi connectivity index (χ3n) is 4.09. The van der Waals surface area contributed by atoms with Gasteiger partial charge in [-0.05, 0) is 47.9 Å². The average Bonchev–Trinajstić information content (AvgIpc) is 2.90. The zero-order valence-electron chi connectivity index (χ0n) is 14.6. The molecular formula is C20H18N2O3S2. The van der Waals surface area contributed by atoms with Crippen molar-refractivity contribution in [3.8, 4) is 5.75 Å². The van der Waals surface area contributed by atoms with Gasteiger partial charge in [0.15, 0.2) is 0 Å². The number of hydrogen-bond donors (Lipinski definition) is 2. The third-order valence-corrected chi connectivity index (χ3v) is 5.58. The lowest BCUT2D eigenvalue weighted by molar-refractivity contribution is -0.121. The zero-order chi connectivity index (χ0) is 19.4. The Hall–Kier alpha value is -2.64. The van der Waals surface area contributed by atoms with Gasteiger partial charge in [0, 0.05) is 19.2 Å². The summed E-state index contributed by atoms with van der Waals surface area (Å²) in [6.07, 6.45) is 2.46. The first-order chi connectivity index (χ1) is 12.9. The number of likely N-dealkylation sites (N-methyl/N-ethyl adjacent to an activating group) is 1. The van der Waals surface area contributed by atoms with Crippen molar-refractivity contribution in [3.05, 3.63) is 70.1 Å². The van der Waals surface area contributed by atoms with Gasteiger partial charge >= 0.3 is 0 Å². The Morgan fingerprint density at radius 3 is 2.44 bits per heavy atom. The molecule has 1 saturated heterocycles. The Balaban J connectivity index is 1.56. The molecule has 2 aromatic carbocycles. The van der Waals surface area contributed by atoms with Gasteiger partial charge in [-0.15, -0.1) is 0 Å². The summed E-state index contributed by atoms with van der Waals surface area (Å²) in [7, 11) is 1.66. The molecule has 0 atom stereocenters. The maximum Gasteiger partial charge on any atom is 0.265 e. The van der Waals surface area contributed by atoms with Crippen molar-refractivity contribution in [3.63, 3.8) is 0 Å². The van der Waals surface area contributed by atoms with Crippen LogP contribution in [0.1, 0.15) is 21.5 Å². The predicted octanol–water partition coefficient (Wildman–Crippen LogP) is 3.20. The van der Waals surface area contributed by atoms with Crippen LogP contribution in [0.5, 0.6) is 5.75 Å². The minimum atomic E-state index is -0.153. The normalized spacial score (nSPS) is 15.4. The summed E-state index contributed by atoms with van der Waals surface area (Å²) < 4.78 is 0.538. The van der Waals surface area contributed by atoms with E-state index >= 15 is 0 Å². The first kappa shape index (κ1) is 19.1. The third kappa shape index (κ3) is 4.75. The molecule has 2 amide bonds. The van der Waals surface area contributed by atoms with E-state index in [1.807, 2.05) is 12.1 Å². The van der Waals surface area contributed by atoms with E-state index in [-0.39, 0.29) is 17.6 Å². The van der Waals surface area contributed by atoms with Crippen LogP contribution < -0.4 is 5.32 Å². The molecule has 3 rings (SSSR count). The molecule has 2 N–H and O–H groups in total. The second-order valence-corrected chi connectivity index (χ2v) is 7.71. The van der Waals surface area contributed by atoms with Crippen molar-refractivity contribution in [2.24, 2.45) is 0 Å². The molecule has 5 nitrogen and oxygen atoms in total. The zero-order valence-corrected chi connectivity index (χ0v) is 16.3. The van der Waals surface area contributed by atoms with Gasteiger partial charge in [0.2, 0.25) is 0 Å². The number of phenolic OH excluding ortho intramolecular Hbond substituents is 1. The van der Waals surface area contributed by atoms with E-state index < -0.39 is 0 Å². The van der Waals surface area contributed by atoms with Gasteiger partial charge in [-0.1, -0.05) is 48.2 Å². The topological polar surface area (TPSA) is 69.6 Å². The van der Waals surface area contributed by atoms with Crippen LogP contribution in [0.4, 0.5) is 0 Å². The predicted molar refractivity (Wildman–Crippen MR) is 112 cm³/mol. The number of thiocarbonyl (C=S) groups is 1. The van der Waals surface area contributed by atoms with Crippen LogP contribution in [0.25, 0.3) is 6.08 Å². The van der Waals surface area contributed by atoms with E-state index in [1.54, 1.807) is 49.5 Å². The summed E-state index contributed by atoms with van der Waals surface area (Å²) in [5.74, 6) is -0.0368. The standard InChI is InChI=1S/C20H18N2O3S2/c1-22-19(25)17(27-20(22)26)12-14-2-6-15(7-3-14)18(24)21-11-10-13-4-8-16(23)9-5-13/h2-9,12,23H,10-11H2,1H3,(H,21,24)/b17-12-. The SMILES string of the molecule is CN1C(=O)/C(=C/c2ccc(C(=O)NCCc3ccc(O)cc3)cc2)SC1=S. The molecule has 0 unspecified atom stereocenters. The number of nitrogens with one attached hydrogen (secondary N) is 1. The molecule has 0 aromatic heterocycles. The highest BCUT2D eigenvalue weighted by atomic mass is 32.2. The Morgan fingerprint density at radius 1 is 1.19 bits per heavy atom. The average molecular weight is 399 g/mol. The maximum atomic E-state index is 12.2. The van der Waals surface area contributed by atoms with Gasteiger partial charge in [-0.25, -0.2) is 0 Å². The Labute approximate surface area is 167 Å². The molecule has 7 heteroatoms. The molecular weight excluding hydrogens is 380 g/mol. The fraction of sp³-hybridized carbons (Fsp3) is 0.150. The number of carbonyl (C=O) groups is 2. The van der Waals surface area contributed by atoms with Crippen LogP contribution >= 0.6 is 24.0 Å². The molecule has 0 radical (unpaired) electrons. The smallest absolute Gasteiger partial charge is 0.265 e. The number of phenols is 1. The lowest BCUT2D eigenvalue weighted by Crippen LogP contribution is -2.25. The second-order valence-electron chi connectivity index (χ2n) is 6.04. The van der Waals surface area contributed by atoms with Gasteiger partial charge in [0.1, 0.15) is 10.1 Å². The molecule has 138 valence electrons. The lowest BCUT2D eigenvalue weighted by Gasteiger charge is -2.06. The molecule has 0 spiro atoms. The van der Waals surface area contributed by atoms with Crippen LogP contribution in [0.2, 0.25) is 0 Å². The quantitative estimate of drug-likeness (QED) is 0.598. The number of amides is 2. The first-order valence-electron chi connectivity index (χ1n) is 8.32. The number of benzene rings is 2. The Bertz CT molecular complexity index is 906. The van der Waals surface area contributed by atoms with Gasteiger partial charge in [0.05, 0.1) is 4.91 Å². The van der Waals surface area contributed by atoms with Crippen LogP contribution in [0, 0.1) is 0 Å². The minimum Gasteiger partial charge on any atom is -0.508 e. The molecule has 2 aromatic rings. The van der Waals surface area contributed by atoms with E-state index in [0.717, 1.165) is 11.1 Å². The van der Waals surface area contributed by atoms with E-state index in [9.17, 15) is 14.7 Å². The molecule has 1 fully saturated rings. The van der Waals surface area contributed by atoms with Gasteiger partial charge < -0.3 is 10.4 Å². The van der Waals surface area contributed by atoms with Crippen molar-refractivity contribution < 1.29 is 14.7 Å². The van der Waals surface area contributed by atoms with E-state index in [4.69, 9.17) is 12.2 Å². The largest absolute Gasteiger partial charge is 0.508 e. The van der Waals surface area contributed by atoms with Gasteiger partial charge in [0.25, 0.3) is 11.8 Å². The first-order valence-corrected chi connectivity index (χ1v) is 9.54. The molecule has 0 saturated carbocycles. The minimum absolute atomic E-state index is 0.110. The monoisotopic (exact) mass is 398 g/mol. The van der Waals surface area contributed by atoms with Crippen LogP contribution in [0.3, 0.4) is 0 Å². The van der Waals surface area contributed by atoms with Gasteiger partial charge in [-0.3, -0.25) is 14.5 Å². The van der Waals surface area contributed by atoms with Crippen molar-refractivity contribution in [2.45, 2.75) is 6.42 Å². The highest BCUT2D eigenvalue weighted by molar-refractivity contribution is 8.26. The number of rotatable bonds is 5. The van der Waals surface area contributed by atoms with Crippen molar-refractivity contribution >= 4 is 46.2 Å². The van der Waals surface area contributed by atoms with Crippen LogP contribution in [-0.2, 0) is 11.2 Å². The molecule has 1 aliphatic rings. The highest BCUT2D eigenvalue weighted by Crippen LogP contribution is 2.31. The van der Waals surface area contributed by atoms with E-state index in [1.165, 1.54) is 16.7 Å². The summed E-state index contributed by atoms with van der Waals surface area (Å²) in [4.78, 5) is 26.3. The number of nitrogens with zero attached hydrogens (tertiary/aromatic N) is 1. The van der Waals surface area contributed by atoms with E-state index in [2.05, 4.69) is 5.32 Å². The summed E-state index contributed by atoms with van der Waals surface area (Å²) in [5.41, 5.74) is 2.43. The fourth-order valence-electron chi connectivity index (χ4n) is 2.51. The van der Waals surface area contributed by atoms with Crippen molar-refractivity contribution in [1.82, 2.24) is 10.2 Å². The maximum absolute atomic E-state index is 12.2. The highest BCUT2D eigenvalue weighted by Gasteiger charge is 2.28. The molecule has 0 bridgehead atoms. The summed E-state index contributed by atoms with van der Waals surface area (Å²) in [5, 5.41) is 12.1. The van der Waals surface area contributed by atoms with E-state index in [0.29, 0.717) is 27.8 Å². The molecule has 1 aliphatic heterocycles. The fourth-order valence-corrected chi connectivity index (χ4v) is 3.69. The number of hydrogen-bond acceptors (Lipinski definition) is 5. The number of aromatic hydroxyl groups is 1. The second kappa shape index (κ2) is 8.37. The van der Waals surface area contributed by atoms with Crippen LogP contribution in [-0.4, -0.2) is 39.7 Å². The molecule has 0 aliphatic carbocycles.